The van der Waals surface area contributed by atoms with Gasteiger partial charge in [0.05, 0.1) is 5.75 Å². The first-order valence-electron chi connectivity index (χ1n) is 6.02. The number of primary sulfonamides is 1. The summed E-state index contributed by atoms with van der Waals surface area (Å²) >= 11 is 0. The van der Waals surface area contributed by atoms with Crippen LogP contribution >= 0.6 is 0 Å². The van der Waals surface area contributed by atoms with Gasteiger partial charge in [0.2, 0.25) is 10.0 Å². The molecule has 0 radical (unpaired) electrons. The minimum Gasteiger partial charge on any atom is -0.309 e. The second-order valence-corrected chi connectivity index (χ2v) is 6.57. The lowest BCUT2D eigenvalue weighted by Gasteiger charge is -2.18. The van der Waals surface area contributed by atoms with Crippen LogP contribution in [0.25, 0.3) is 0 Å². The van der Waals surface area contributed by atoms with Gasteiger partial charge in [-0.3, -0.25) is 0 Å². The standard InChI is InChI=1S/C13H22N2O2S/c1-9-7-11(3)13(8-10(9)2)12(4)15-5-6-18(14,16)17/h7-8,12,15H,5-6H2,1-4H3,(H2,14,16,17). The van der Waals surface area contributed by atoms with E-state index in [1.807, 2.05) is 6.92 Å². The van der Waals surface area contributed by atoms with Crippen LogP contribution in [0, 0.1) is 20.8 Å². The molecule has 0 aromatic heterocycles. The van der Waals surface area contributed by atoms with E-state index in [1.165, 1.54) is 22.3 Å². The zero-order valence-electron chi connectivity index (χ0n) is 11.4. The molecule has 0 saturated heterocycles. The van der Waals surface area contributed by atoms with Gasteiger partial charge in [0.25, 0.3) is 0 Å². The maximum Gasteiger partial charge on any atom is 0.210 e. The van der Waals surface area contributed by atoms with Crippen molar-refractivity contribution in [1.82, 2.24) is 5.32 Å². The van der Waals surface area contributed by atoms with Crippen LogP contribution in [0.15, 0.2) is 12.1 Å². The van der Waals surface area contributed by atoms with Crippen LogP contribution in [-0.4, -0.2) is 20.7 Å². The van der Waals surface area contributed by atoms with E-state index < -0.39 is 10.0 Å². The molecule has 0 aliphatic rings. The molecule has 0 spiro atoms. The third-order valence-electron chi connectivity index (χ3n) is 3.19. The molecule has 4 nitrogen and oxygen atoms in total. The van der Waals surface area contributed by atoms with Crippen LogP contribution in [0.3, 0.4) is 0 Å². The second kappa shape index (κ2) is 5.82. The van der Waals surface area contributed by atoms with Gasteiger partial charge >= 0.3 is 0 Å². The fourth-order valence-corrected chi connectivity index (χ4v) is 2.38. The summed E-state index contributed by atoms with van der Waals surface area (Å²) in [7, 11) is -3.39. The third-order valence-corrected chi connectivity index (χ3v) is 3.96. The van der Waals surface area contributed by atoms with Crippen molar-refractivity contribution < 1.29 is 8.42 Å². The molecular weight excluding hydrogens is 248 g/mol. The maximum atomic E-state index is 10.9. The topological polar surface area (TPSA) is 72.2 Å². The van der Waals surface area contributed by atoms with Crippen LogP contribution < -0.4 is 10.5 Å². The fourth-order valence-electron chi connectivity index (χ4n) is 1.98. The molecule has 3 N–H and O–H groups in total. The number of rotatable bonds is 5. The molecule has 1 unspecified atom stereocenters. The smallest absolute Gasteiger partial charge is 0.210 e. The molecule has 102 valence electrons. The summed E-state index contributed by atoms with van der Waals surface area (Å²) in [5.41, 5.74) is 4.94. The summed E-state index contributed by atoms with van der Waals surface area (Å²) in [5, 5.41) is 8.15. The van der Waals surface area contributed by atoms with Gasteiger partial charge in [0.1, 0.15) is 0 Å². The molecule has 0 aliphatic heterocycles. The summed E-state index contributed by atoms with van der Waals surface area (Å²) in [6, 6.07) is 4.42. The van der Waals surface area contributed by atoms with E-state index in [1.54, 1.807) is 0 Å². The molecule has 1 rings (SSSR count). The first kappa shape index (κ1) is 15.1. The van der Waals surface area contributed by atoms with Crippen molar-refractivity contribution in [3.8, 4) is 0 Å². The number of sulfonamides is 1. The van der Waals surface area contributed by atoms with E-state index in [9.17, 15) is 8.42 Å². The maximum absolute atomic E-state index is 10.9. The summed E-state index contributed by atoms with van der Waals surface area (Å²) in [6.45, 7) is 8.63. The molecule has 1 aromatic rings. The predicted molar refractivity (Wildman–Crippen MR) is 75.0 cm³/mol. The highest BCUT2D eigenvalue weighted by molar-refractivity contribution is 7.89. The Hall–Kier alpha value is -0.910. The van der Waals surface area contributed by atoms with Crippen LogP contribution in [0.2, 0.25) is 0 Å². The lowest BCUT2D eigenvalue weighted by atomic mass is 9.96. The summed E-state index contributed by atoms with van der Waals surface area (Å²) in [6.07, 6.45) is 0. The average molecular weight is 270 g/mol. The molecule has 0 heterocycles. The Kier molecular flexibility index (Phi) is 4.90. The number of benzene rings is 1. The summed E-state index contributed by atoms with van der Waals surface area (Å²) < 4.78 is 21.7. The number of hydrogen-bond acceptors (Lipinski definition) is 3. The van der Waals surface area contributed by atoms with Crippen LogP contribution in [0.4, 0.5) is 0 Å². The van der Waals surface area contributed by atoms with Crippen LogP contribution in [0.5, 0.6) is 0 Å². The van der Waals surface area contributed by atoms with E-state index in [0.29, 0.717) is 6.54 Å². The second-order valence-electron chi connectivity index (χ2n) is 4.84. The van der Waals surface area contributed by atoms with E-state index in [4.69, 9.17) is 5.14 Å². The molecule has 1 atom stereocenters. The Morgan fingerprint density at radius 2 is 1.72 bits per heavy atom. The summed E-state index contributed by atoms with van der Waals surface area (Å²) in [5.74, 6) is -0.0404. The van der Waals surface area contributed by atoms with Crippen molar-refractivity contribution >= 4 is 10.0 Å². The van der Waals surface area contributed by atoms with E-state index >= 15 is 0 Å². The highest BCUT2D eigenvalue weighted by Gasteiger charge is 2.10. The molecular formula is C13H22N2O2S. The predicted octanol–water partition coefficient (Wildman–Crippen LogP) is 1.55. The van der Waals surface area contributed by atoms with Crippen LogP contribution in [-0.2, 0) is 10.0 Å². The Bertz CT molecular complexity index is 524. The Balaban J connectivity index is 2.73. The van der Waals surface area contributed by atoms with Gasteiger partial charge in [-0.25, -0.2) is 13.6 Å². The van der Waals surface area contributed by atoms with Gasteiger partial charge in [0, 0.05) is 12.6 Å². The average Bonchev–Trinajstić information content (AvgIpc) is 2.21. The third kappa shape index (κ3) is 4.40. The molecule has 18 heavy (non-hydrogen) atoms. The monoisotopic (exact) mass is 270 g/mol. The van der Waals surface area contributed by atoms with E-state index in [0.717, 1.165) is 0 Å². The van der Waals surface area contributed by atoms with Crippen molar-refractivity contribution in [2.24, 2.45) is 5.14 Å². The lowest BCUT2D eigenvalue weighted by molar-refractivity contribution is 0.572. The largest absolute Gasteiger partial charge is 0.309 e. The SMILES string of the molecule is Cc1cc(C)c(C(C)NCCS(N)(=O)=O)cc1C. The van der Waals surface area contributed by atoms with Gasteiger partial charge in [-0.1, -0.05) is 12.1 Å². The Morgan fingerprint density at radius 3 is 2.28 bits per heavy atom. The number of nitrogens with one attached hydrogen (secondary N) is 1. The molecule has 0 saturated carbocycles. The lowest BCUT2D eigenvalue weighted by Crippen LogP contribution is -2.29. The Labute approximate surface area is 110 Å². The first-order valence-corrected chi connectivity index (χ1v) is 7.74. The van der Waals surface area contributed by atoms with Gasteiger partial charge < -0.3 is 5.32 Å². The first-order chi connectivity index (χ1) is 8.20. The minimum absolute atomic E-state index is 0.0404. The fraction of sp³-hybridized carbons (Fsp3) is 0.538. The highest BCUT2D eigenvalue weighted by Crippen LogP contribution is 2.21. The molecule has 0 amide bonds. The number of aryl methyl sites for hydroxylation is 3. The molecule has 0 aliphatic carbocycles. The van der Waals surface area contributed by atoms with E-state index in [-0.39, 0.29) is 11.8 Å². The van der Waals surface area contributed by atoms with Gasteiger partial charge in [-0.05, 0) is 49.9 Å². The van der Waals surface area contributed by atoms with E-state index in [2.05, 4.69) is 38.2 Å². The zero-order chi connectivity index (χ0) is 13.9. The normalized spacial score (nSPS) is 13.6. The molecule has 5 heteroatoms. The van der Waals surface area contributed by atoms with Crippen molar-refractivity contribution in [2.45, 2.75) is 33.7 Å². The number of hydrogen-bond donors (Lipinski definition) is 2. The molecule has 0 bridgehead atoms. The minimum atomic E-state index is -3.39. The quantitative estimate of drug-likeness (QED) is 0.852. The van der Waals surface area contributed by atoms with Crippen molar-refractivity contribution in [2.75, 3.05) is 12.3 Å². The summed E-state index contributed by atoms with van der Waals surface area (Å²) in [4.78, 5) is 0. The zero-order valence-corrected chi connectivity index (χ0v) is 12.3. The van der Waals surface area contributed by atoms with Gasteiger partial charge in [-0.2, -0.15) is 0 Å². The Morgan fingerprint density at radius 1 is 1.17 bits per heavy atom. The molecule has 0 fully saturated rings. The van der Waals surface area contributed by atoms with Crippen molar-refractivity contribution in [1.29, 1.82) is 0 Å². The van der Waals surface area contributed by atoms with Crippen molar-refractivity contribution in [3.63, 3.8) is 0 Å². The van der Waals surface area contributed by atoms with Gasteiger partial charge in [-0.15, -0.1) is 0 Å². The van der Waals surface area contributed by atoms with Crippen LogP contribution in [0.1, 0.15) is 35.2 Å². The van der Waals surface area contributed by atoms with Gasteiger partial charge in [0.15, 0.2) is 0 Å². The number of nitrogens with two attached hydrogens (primary N) is 1. The highest BCUT2D eigenvalue weighted by atomic mass is 32.2. The molecule has 1 aromatic carbocycles. The van der Waals surface area contributed by atoms with Crippen molar-refractivity contribution in [3.05, 3.63) is 34.4 Å².